The number of nitrogens with zero attached hydrogens (tertiary/aromatic N) is 3. The summed E-state index contributed by atoms with van der Waals surface area (Å²) in [5, 5.41) is 7.06. The second kappa shape index (κ2) is 5.53. The fraction of sp³-hybridized carbons (Fsp3) is 0.300. The van der Waals surface area contributed by atoms with Gasteiger partial charge in [0, 0.05) is 4.47 Å². The van der Waals surface area contributed by atoms with Gasteiger partial charge in [-0.1, -0.05) is 22.0 Å². The fourth-order valence-electron chi connectivity index (χ4n) is 0.919. The van der Waals surface area contributed by atoms with Crippen LogP contribution in [-0.4, -0.2) is 12.5 Å². The molecule has 0 spiro atoms. The van der Waals surface area contributed by atoms with Crippen molar-refractivity contribution in [2.24, 2.45) is 10.2 Å². The second-order valence-corrected chi connectivity index (χ2v) is 3.77. The van der Waals surface area contributed by atoms with Crippen LogP contribution in [0.25, 0.3) is 0 Å². The summed E-state index contributed by atoms with van der Waals surface area (Å²) in [6, 6.07) is 5.29. The summed E-state index contributed by atoms with van der Waals surface area (Å²) in [6.45, 7) is 4.30. The van der Waals surface area contributed by atoms with Crippen LogP contribution in [0, 0.1) is 6.92 Å². The van der Waals surface area contributed by atoms with Gasteiger partial charge in [0.15, 0.2) is 0 Å². The number of carbonyl (C=O) groups excluding carboxylic acids is 1. The highest BCUT2D eigenvalue weighted by molar-refractivity contribution is 9.10. The number of rotatable bonds is 2. The maximum absolute atomic E-state index is 11.4. The molecule has 0 aromatic heterocycles. The summed E-state index contributed by atoms with van der Waals surface area (Å²) in [7, 11) is 0. The Kier molecular flexibility index (Phi) is 4.34. The van der Waals surface area contributed by atoms with E-state index >= 15 is 0 Å². The zero-order chi connectivity index (χ0) is 11.3. The normalized spacial score (nSPS) is 9.27. The average molecular weight is 269 g/mol. The van der Waals surface area contributed by atoms with E-state index in [1.54, 1.807) is 12.1 Å². The van der Waals surface area contributed by atoms with Gasteiger partial charge >= 0.3 is 5.91 Å². The quantitative estimate of drug-likeness (QED) is 0.601. The first-order chi connectivity index (χ1) is 7.15. The molecule has 0 atom stereocenters. The Hall–Kier alpha value is -1.32. The van der Waals surface area contributed by atoms with Gasteiger partial charge in [0.1, 0.15) is 11.7 Å². The van der Waals surface area contributed by atoms with Crippen molar-refractivity contribution in [3.63, 3.8) is 0 Å². The molecule has 0 fully saturated rings. The SMILES string of the molecule is CCN=[N+]=NC(=O)c1ccc(C)c(Br)c1. The van der Waals surface area contributed by atoms with Crippen molar-refractivity contribution in [3.05, 3.63) is 33.8 Å². The van der Waals surface area contributed by atoms with E-state index in [9.17, 15) is 4.79 Å². The number of amides is 1. The van der Waals surface area contributed by atoms with Gasteiger partial charge in [-0.05, 0) is 31.5 Å². The molecule has 0 radical (unpaired) electrons. The molecular weight excluding hydrogens is 258 g/mol. The first kappa shape index (κ1) is 11.8. The van der Waals surface area contributed by atoms with Crippen LogP contribution in [0.1, 0.15) is 22.8 Å². The standard InChI is InChI=1S/C10H11BrN3O/c1-3-12-14-13-10(15)8-5-4-7(2)9(11)6-8/h4-6H,3H2,1-2H3/q+1. The van der Waals surface area contributed by atoms with Gasteiger partial charge in [-0.15, -0.1) is 0 Å². The van der Waals surface area contributed by atoms with Gasteiger partial charge < -0.3 is 0 Å². The number of hydrogen-bond donors (Lipinski definition) is 0. The van der Waals surface area contributed by atoms with E-state index in [2.05, 4.69) is 31.1 Å². The van der Waals surface area contributed by atoms with Crippen LogP contribution >= 0.6 is 15.9 Å². The summed E-state index contributed by atoms with van der Waals surface area (Å²) in [4.78, 5) is 14.8. The smallest absolute Gasteiger partial charge is 0.259 e. The molecule has 0 saturated heterocycles. The Bertz CT molecular complexity index is 436. The molecule has 4 nitrogen and oxygen atoms in total. The third kappa shape index (κ3) is 3.38. The van der Waals surface area contributed by atoms with Crippen molar-refractivity contribution >= 4 is 21.8 Å². The van der Waals surface area contributed by atoms with E-state index in [0.717, 1.165) is 10.0 Å². The molecule has 1 rings (SSSR count). The number of halogens is 1. The molecule has 1 amide bonds. The Labute approximate surface area is 96.3 Å². The Balaban J connectivity index is 2.92. The Morgan fingerprint density at radius 3 is 2.87 bits per heavy atom. The van der Waals surface area contributed by atoms with Crippen LogP contribution in [-0.2, 0) is 0 Å². The number of aryl methyl sites for hydroxylation is 1. The van der Waals surface area contributed by atoms with Crippen LogP contribution in [0.15, 0.2) is 32.9 Å². The lowest BCUT2D eigenvalue weighted by Gasteiger charge is -1.97. The van der Waals surface area contributed by atoms with E-state index < -0.39 is 0 Å². The predicted octanol–water partition coefficient (Wildman–Crippen LogP) is 2.89. The molecule has 0 N–H and O–H groups in total. The van der Waals surface area contributed by atoms with Crippen molar-refractivity contribution in [2.75, 3.05) is 6.54 Å². The lowest BCUT2D eigenvalue weighted by atomic mass is 10.1. The highest BCUT2D eigenvalue weighted by atomic mass is 79.9. The van der Waals surface area contributed by atoms with Crippen molar-refractivity contribution in [3.8, 4) is 0 Å². The lowest BCUT2D eigenvalue weighted by Crippen LogP contribution is -1.95. The second-order valence-electron chi connectivity index (χ2n) is 2.92. The van der Waals surface area contributed by atoms with Crippen LogP contribution in [0.5, 0.6) is 0 Å². The monoisotopic (exact) mass is 268 g/mol. The maximum atomic E-state index is 11.4. The maximum Gasteiger partial charge on any atom is 0.360 e. The van der Waals surface area contributed by atoms with Crippen molar-refractivity contribution < 1.29 is 4.79 Å². The first-order valence-corrected chi connectivity index (χ1v) is 5.32. The third-order valence-corrected chi connectivity index (χ3v) is 2.61. The minimum absolute atomic E-state index is 0.382. The van der Waals surface area contributed by atoms with Crippen molar-refractivity contribution in [1.29, 1.82) is 0 Å². The number of hydrogen-bond acceptors (Lipinski definition) is 2. The first-order valence-electron chi connectivity index (χ1n) is 4.53. The topological polar surface area (TPSA) is 55.9 Å². The van der Waals surface area contributed by atoms with Crippen molar-refractivity contribution in [2.45, 2.75) is 13.8 Å². The molecule has 15 heavy (non-hydrogen) atoms. The van der Waals surface area contributed by atoms with E-state index in [1.807, 2.05) is 19.9 Å². The van der Waals surface area contributed by atoms with Gasteiger partial charge in [-0.3, -0.25) is 4.79 Å². The van der Waals surface area contributed by atoms with Crippen LogP contribution < -0.4 is 4.91 Å². The summed E-state index contributed by atoms with van der Waals surface area (Å²) in [5.41, 5.74) is 1.57. The highest BCUT2D eigenvalue weighted by Gasteiger charge is 2.10. The minimum Gasteiger partial charge on any atom is -0.259 e. The van der Waals surface area contributed by atoms with E-state index in [4.69, 9.17) is 0 Å². The number of carbonyl (C=O) groups is 1. The van der Waals surface area contributed by atoms with Crippen molar-refractivity contribution in [1.82, 2.24) is 4.91 Å². The summed E-state index contributed by atoms with van der Waals surface area (Å²) in [5.74, 6) is -0.382. The Morgan fingerprint density at radius 2 is 2.27 bits per heavy atom. The third-order valence-electron chi connectivity index (χ3n) is 1.76. The zero-order valence-corrected chi connectivity index (χ0v) is 10.2. The van der Waals surface area contributed by atoms with Gasteiger partial charge in [-0.25, -0.2) is 0 Å². The van der Waals surface area contributed by atoms with Gasteiger partial charge in [-0.2, -0.15) is 0 Å². The van der Waals surface area contributed by atoms with Gasteiger partial charge in [0.05, 0.1) is 5.56 Å². The average Bonchev–Trinajstić information content (AvgIpc) is 2.22. The minimum atomic E-state index is -0.382. The van der Waals surface area contributed by atoms with E-state index in [-0.39, 0.29) is 5.91 Å². The Morgan fingerprint density at radius 1 is 1.53 bits per heavy atom. The molecule has 0 bridgehead atoms. The van der Waals surface area contributed by atoms with E-state index in [1.165, 1.54) is 0 Å². The molecule has 1 aromatic carbocycles. The van der Waals surface area contributed by atoms with E-state index in [0.29, 0.717) is 12.1 Å². The van der Waals surface area contributed by atoms with Crippen LogP contribution in [0.4, 0.5) is 0 Å². The lowest BCUT2D eigenvalue weighted by molar-refractivity contribution is 0.0992. The molecular formula is C10H11BrN3O+. The summed E-state index contributed by atoms with van der Waals surface area (Å²) < 4.78 is 0.885. The zero-order valence-electron chi connectivity index (χ0n) is 8.57. The molecule has 78 valence electrons. The molecule has 5 heteroatoms. The van der Waals surface area contributed by atoms with Crippen LogP contribution in [0.3, 0.4) is 0 Å². The largest absolute Gasteiger partial charge is 0.360 e. The van der Waals surface area contributed by atoms with Gasteiger partial charge in [0.2, 0.25) is 10.0 Å². The molecule has 0 aliphatic carbocycles. The summed E-state index contributed by atoms with van der Waals surface area (Å²) in [6.07, 6.45) is 0. The molecule has 0 heterocycles. The molecule has 0 aliphatic heterocycles. The van der Waals surface area contributed by atoms with Gasteiger partial charge in [0.25, 0.3) is 0 Å². The molecule has 1 aromatic rings. The number of benzene rings is 1. The molecule has 0 unspecified atom stereocenters. The molecule has 0 saturated carbocycles. The predicted molar refractivity (Wildman–Crippen MR) is 60.7 cm³/mol. The fourth-order valence-corrected chi connectivity index (χ4v) is 1.30. The van der Waals surface area contributed by atoms with Crippen LogP contribution in [0.2, 0.25) is 0 Å². The summed E-state index contributed by atoms with van der Waals surface area (Å²) >= 11 is 3.35. The molecule has 0 aliphatic rings. The highest BCUT2D eigenvalue weighted by Crippen LogP contribution is 2.17.